The fraction of sp³-hybridized carbons (Fsp3) is 0.200. The molecule has 4 nitrogen and oxygen atoms in total. The maximum Gasteiger partial charge on any atom is 0.274 e. The zero-order valence-corrected chi connectivity index (χ0v) is 11.3. The molecule has 5 heteroatoms. The van der Waals surface area contributed by atoms with Crippen LogP contribution in [-0.2, 0) is 0 Å². The Bertz CT molecular complexity index is 644. The highest BCUT2D eigenvalue weighted by Gasteiger charge is 2.15. The van der Waals surface area contributed by atoms with Crippen molar-refractivity contribution in [2.45, 2.75) is 19.9 Å². The highest BCUT2D eigenvalue weighted by atomic mass is 19.1. The summed E-state index contributed by atoms with van der Waals surface area (Å²) in [6.45, 7) is 3.58. The summed E-state index contributed by atoms with van der Waals surface area (Å²) in [7, 11) is 0. The van der Waals surface area contributed by atoms with E-state index in [9.17, 15) is 14.5 Å². The molecule has 1 unspecified atom stereocenters. The number of nitrogens with zero attached hydrogens (tertiary/aromatic N) is 1. The Morgan fingerprint density at radius 3 is 2.60 bits per heavy atom. The molecule has 2 rings (SSSR count). The van der Waals surface area contributed by atoms with Gasteiger partial charge in [-0.1, -0.05) is 18.2 Å². The van der Waals surface area contributed by atoms with Crippen LogP contribution >= 0.6 is 0 Å². The van der Waals surface area contributed by atoms with Crippen LogP contribution in [0.5, 0.6) is 0 Å². The second-order valence-electron chi connectivity index (χ2n) is 4.63. The summed E-state index contributed by atoms with van der Waals surface area (Å²) in [5.41, 5.74) is 2.11. The van der Waals surface area contributed by atoms with Crippen LogP contribution in [0.3, 0.4) is 0 Å². The first kappa shape index (κ1) is 14.0. The minimum atomic E-state index is -0.409. The third-order valence-electron chi connectivity index (χ3n) is 3.22. The van der Waals surface area contributed by atoms with Crippen molar-refractivity contribution in [1.82, 2.24) is 0 Å². The Morgan fingerprint density at radius 2 is 1.95 bits per heavy atom. The number of nitro groups is 1. The van der Waals surface area contributed by atoms with Gasteiger partial charge in [0, 0.05) is 23.4 Å². The smallest absolute Gasteiger partial charge is 0.274 e. The van der Waals surface area contributed by atoms with Crippen LogP contribution in [0.1, 0.15) is 24.1 Å². The SMILES string of the molecule is Cc1c(NC(C)c2cccc(F)c2)cccc1[N+](=O)[O-]. The van der Waals surface area contributed by atoms with Crippen LogP contribution in [0.25, 0.3) is 0 Å². The molecule has 0 fully saturated rings. The first-order valence-corrected chi connectivity index (χ1v) is 6.25. The lowest BCUT2D eigenvalue weighted by molar-refractivity contribution is -0.385. The van der Waals surface area contributed by atoms with Gasteiger partial charge in [0.2, 0.25) is 0 Å². The average molecular weight is 274 g/mol. The van der Waals surface area contributed by atoms with Gasteiger partial charge in [-0.05, 0) is 37.6 Å². The van der Waals surface area contributed by atoms with Crippen molar-refractivity contribution in [3.8, 4) is 0 Å². The maximum atomic E-state index is 13.2. The number of hydrogen-bond donors (Lipinski definition) is 1. The Hall–Kier alpha value is -2.43. The number of benzene rings is 2. The highest BCUT2D eigenvalue weighted by molar-refractivity contribution is 5.60. The molecule has 0 aliphatic carbocycles. The zero-order chi connectivity index (χ0) is 14.7. The van der Waals surface area contributed by atoms with E-state index >= 15 is 0 Å². The van der Waals surface area contributed by atoms with Crippen molar-refractivity contribution in [1.29, 1.82) is 0 Å². The summed E-state index contributed by atoms with van der Waals surface area (Å²) in [4.78, 5) is 10.5. The fourth-order valence-corrected chi connectivity index (χ4v) is 2.07. The first-order valence-electron chi connectivity index (χ1n) is 6.25. The summed E-state index contributed by atoms with van der Waals surface area (Å²) in [6, 6.07) is 11.0. The molecular formula is C15H15FN2O2. The topological polar surface area (TPSA) is 55.2 Å². The number of hydrogen-bond acceptors (Lipinski definition) is 3. The van der Waals surface area contributed by atoms with Crippen LogP contribution in [0.2, 0.25) is 0 Å². The van der Waals surface area contributed by atoms with E-state index in [-0.39, 0.29) is 17.5 Å². The predicted molar refractivity (Wildman–Crippen MR) is 76.3 cm³/mol. The molecule has 2 aromatic carbocycles. The Morgan fingerprint density at radius 1 is 1.25 bits per heavy atom. The van der Waals surface area contributed by atoms with E-state index in [1.165, 1.54) is 18.2 Å². The molecule has 0 aliphatic heterocycles. The number of rotatable bonds is 4. The van der Waals surface area contributed by atoms with E-state index in [0.717, 1.165) is 5.56 Å². The lowest BCUT2D eigenvalue weighted by atomic mass is 10.1. The van der Waals surface area contributed by atoms with E-state index < -0.39 is 4.92 Å². The Kier molecular flexibility index (Phi) is 3.98. The van der Waals surface area contributed by atoms with Gasteiger partial charge in [0.1, 0.15) is 5.82 Å². The molecule has 0 radical (unpaired) electrons. The zero-order valence-electron chi connectivity index (χ0n) is 11.3. The van der Waals surface area contributed by atoms with Gasteiger partial charge in [-0.3, -0.25) is 10.1 Å². The lowest BCUT2D eigenvalue weighted by Gasteiger charge is -2.17. The van der Waals surface area contributed by atoms with Crippen LogP contribution in [0, 0.1) is 22.9 Å². The molecule has 1 atom stereocenters. The molecule has 0 heterocycles. The summed E-state index contributed by atoms with van der Waals surface area (Å²) in [5, 5.41) is 14.1. The summed E-state index contributed by atoms with van der Waals surface area (Å²) < 4.78 is 13.2. The van der Waals surface area contributed by atoms with Crippen molar-refractivity contribution < 1.29 is 9.31 Å². The molecule has 0 saturated heterocycles. The van der Waals surface area contributed by atoms with E-state index in [4.69, 9.17) is 0 Å². The van der Waals surface area contributed by atoms with E-state index in [0.29, 0.717) is 11.3 Å². The lowest BCUT2D eigenvalue weighted by Crippen LogP contribution is -2.08. The van der Waals surface area contributed by atoms with Crippen LogP contribution in [0.15, 0.2) is 42.5 Å². The number of anilines is 1. The van der Waals surface area contributed by atoms with Crippen molar-refractivity contribution in [2.75, 3.05) is 5.32 Å². The van der Waals surface area contributed by atoms with Gasteiger partial charge in [-0.25, -0.2) is 4.39 Å². The molecule has 0 spiro atoms. The van der Waals surface area contributed by atoms with Gasteiger partial charge in [0.05, 0.1) is 4.92 Å². The Balaban J connectivity index is 2.26. The van der Waals surface area contributed by atoms with E-state index in [2.05, 4.69) is 5.32 Å². The molecule has 104 valence electrons. The molecular weight excluding hydrogens is 259 g/mol. The molecule has 2 aromatic rings. The summed E-state index contributed by atoms with van der Waals surface area (Å²) in [6.07, 6.45) is 0. The van der Waals surface area contributed by atoms with Crippen molar-refractivity contribution >= 4 is 11.4 Å². The van der Waals surface area contributed by atoms with Gasteiger partial charge < -0.3 is 5.32 Å². The molecule has 0 bridgehead atoms. The number of nitrogens with one attached hydrogen (secondary N) is 1. The van der Waals surface area contributed by atoms with Crippen molar-refractivity contribution in [3.63, 3.8) is 0 Å². The van der Waals surface area contributed by atoms with Crippen LogP contribution < -0.4 is 5.32 Å². The molecule has 0 aromatic heterocycles. The fourth-order valence-electron chi connectivity index (χ4n) is 2.07. The van der Waals surface area contributed by atoms with E-state index in [1.54, 1.807) is 25.1 Å². The minimum absolute atomic E-state index is 0.0708. The number of nitro benzene ring substituents is 1. The first-order chi connectivity index (χ1) is 9.49. The summed E-state index contributed by atoms with van der Waals surface area (Å²) >= 11 is 0. The van der Waals surface area contributed by atoms with Crippen LogP contribution in [0.4, 0.5) is 15.8 Å². The van der Waals surface area contributed by atoms with Gasteiger partial charge in [0.25, 0.3) is 5.69 Å². The third-order valence-corrected chi connectivity index (χ3v) is 3.22. The predicted octanol–water partition coefficient (Wildman–Crippen LogP) is 4.22. The third kappa shape index (κ3) is 2.93. The molecule has 1 N–H and O–H groups in total. The molecule has 0 amide bonds. The molecule has 20 heavy (non-hydrogen) atoms. The van der Waals surface area contributed by atoms with Crippen molar-refractivity contribution in [3.05, 3.63) is 69.5 Å². The van der Waals surface area contributed by atoms with Gasteiger partial charge in [-0.2, -0.15) is 0 Å². The second kappa shape index (κ2) is 5.69. The van der Waals surface area contributed by atoms with Crippen molar-refractivity contribution in [2.24, 2.45) is 0 Å². The maximum absolute atomic E-state index is 13.2. The average Bonchev–Trinajstić information content (AvgIpc) is 2.40. The number of halogens is 1. The largest absolute Gasteiger partial charge is 0.378 e. The van der Waals surface area contributed by atoms with Gasteiger partial charge >= 0.3 is 0 Å². The Labute approximate surface area is 116 Å². The quantitative estimate of drug-likeness (QED) is 0.671. The minimum Gasteiger partial charge on any atom is -0.378 e. The molecule has 0 aliphatic rings. The van der Waals surface area contributed by atoms with Crippen LogP contribution in [-0.4, -0.2) is 4.92 Å². The van der Waals surface area contributed by atoms with Gasteiger partial charge in [-0.15, -0.1) is 0 Å². The second-order valence-corrected chi connectivity index (χ2v) is 4.63. The standard InChI is InChI=1S/C15H15FN2O2/c1-10-14(7-4-8-15(10)18(19)20)17-11(2)12-5-3-6-13(16)9-12/h3-9,11,17H,1-2H3. The molecule has 0 saturated carbocycles. The monoisotopic (exact) mass is 274 g/mol. The van der Waals surface area contributed by atoms with Gasteiger partial charge in [0.15, 0.2) is 0 Å². The van der Waals surface area contributed by atoms with E-state index in [1.807, 2.05) is 13.0 Å². The summed E-state index contributed by atoms with van der Waals surface area (Å²) in [5.74, 6) is -0.299. The highest BCUT2D eigenvalue weighted by Crippen LogP contribution is 2.28. The normalized spacial score (nSPS) is 11.9.